The van der Waals surface area contributed by atoms with E-state index in [1.54, 1.807) is 4.90 Å². The van der Waals surface area contributed by atoms with Crippen LogP contribution in [-0.4, -0.2) is 36.5 Å². The average Bonchev–Trinajstić information content (AvgIpc) is 2.88. The molecular weight excluding hydrogens is 266 g/mol. The van der Waals surface area contributed by atoms with Crippen molar-refractivity contribution in [3.8, 4) is 0 Å². The van der Waals surface area contributed by atoms with Crippen molar-refractivity contribution in [2.24, 2.45) is 5.92 Å². The van der Waals surface area contributed by atoms with Gasteiger partial charge < -0.3 is 9.64 Å². The van der Waals surface area contributed by atoms with E-state index >= 15 is 0 Å². The van der Waals surface area contributed by atoms with E-state index in [4.69, 9.17) is 4.74 Å². The van der Waals surface area contributed by atoms with Gasteiger partial charge in [0.2, 0.25) is 5.91 Å². The molecule has 1 heterocycles. The molecule has 0 bridgehead atoms. The number of carbonyl (C=O) groups is 2. The van der Waals surface area contributed by atoms with Crippen LogP contribution in [0.25, 0.3) is 0 Å². The average molecular weight is 299 g/mol. The van der Waals surface area contributed by atoms with E-state index < -0.39 is 0 Å². The van der Waals surface area contributed by atoms with Crippen LogP contribution in [0, 0.1) is 5.92 Å². The van der Waals surface area contributed by atoms with Gasteiger partial charge in [-0.25, -0.2) is 0 Å². The molecule has 4 heteroatoms. The summed E-state index contributed by atoms with van der Waals surface area (Å²) >= 11 is 0. The van der Waals surface area contributed by atoms with Crippen molar-refractivity contribution >= 4 is 11.9 Å². The molecule has 0 aromatic heterocycles. The smallest absolute Gasteiger partial charge is 0.311 e. The van der Waals surface area contributed by atoms with E-state index in [9.17, 15) is 9.59 Å². The molecule has 1 aliphatic rings. The molecule has 0 aromatic carbocycles. The lowest BCUT2D eigenvalue weighted by atomic mass is 10.1. The van der Waals surface area contributed by atoms with Crippen molar-refractivity contribution in [1.29, 1.82) is 0 Å². The van der Waals surface area contributed by atoms with Crippen LogP contribution in [0.2, 0.25) is 0 Å². The SMILES string of the molecule is CC.CCCCCCOC(=O)C1CC(=O)N(CCCC)C1. The molecule has 0 saturated carbocycles. The van der Waals surface area contributed by atoms with Crippen LogP contribution in [0.5, 0.6) is 0 Å². The highest BCUT2D eigenvalue weighted by molar-refractivity contribution is 5.86. The molecule has 4 nitrogen and oxygen atoms in total. The fraction of sp³-hybridized carbons (Fsp3) is 0.882. The van der Waals surface area contributed by atoms with Gasteiger partial charge in [-0.05, 0) is 12.8 Å². The largest absolute Gasteiger partial charge is 0.465 e. The van der Waals surface area contributed by atoms with Crippen molar-refractivity contribution in [3.63, 3.8) is 0 Å². The number of unbranched alkanes of at least 4 members (excludes halogenated alkanes) is 4. The van der Waals surface area contributed by atoms with Gasteiger partial charge in [0, 0.05) is 19.5 Å². The van der Waals surface area contributed by atoms with Crippen molar-refractivity contribution < 1.29 is 14.3 Å². The fourth-order valence-corrected chi connectivity index (χ4v) is 2.31. The summed E-state index contributed by atoms with van der Waals surface area (Å²) in [6, 6.07) is 0. The summed E-state index contributed by atoms with van der Waals surface area (Å²) in [6.45, 7) is 10.1. The first kappa shape index (κ1) is 19.9. The Morgan fingerprint density at radius 1 is 1.14 bits per heavy atom. The highest BCUT2D eigenvalue weighted by atomic mass is 16.5. The first-order valence-corrected chi connectivity index (χ1v) is 8.63. The molecule has 1 saturated heterocycles. The van der Waals surface area contributed by atoms with Gasteiger partial charge >= 0.3 is 5.97 Å². The third kappa shape index (κ3) is 8.08. The molecule has 0 aliphatic carbocycles. The Bertz CT molecular complexity index is 292. The summed E-state index contributed by atoms with van der Waals surface area (Å²) in [5.41, 5.74) is 0. The zero-order valence-corrected chi connectivity index (χ0v) is 14.3. The molecule has 1 aliphatic heterocycles. The van der Waals surface area contributed by atoms with Crippen LogP contribution < -0.4 is 0 Å². The zero-order chi connectivity index (χ0) is 16.1. The first-order chi connectivity index (χ1) is 10.2. The molecule has 21 heavy (non-hydrogen) atoms. The highest BCUT2D eigenvalue weighted by Gasteiger charge is 2.34. The van der Waals surface area contributed by atoms with Crippen LogP contribution in [0.1, 0.15) is 72.6 Å². The summed E-state index contributed by atoms with van der Waals surface area (Å²) in [4.78, 5) is 25.4. The lowest BCUT2D eigenvalue weighted by Crippen LogP contribution is -2.27. The highest BCUT2D eigenvalue weighted by Crippen LogP contribution is 2.19. The number of esters is 1. The minimum Gasteiger partial charge on any atom is -0.465 e. The number of nitrogens with zero attached hydrogens (tertiary/aromatic N) is 1. The van der Waals surface area contributed by atoms with Crippen molar-refractivity contribution in [2.45, 2.75) is 72.6 Å². The van der Waals surface area contributed by atoms with Crippen LogP contribution in [-0.2, 0) is 14.3 Å². The minimum atomic E-state index is -0.240. The van der Waals surface area contributed by atoms with Crippen molar-refractivity contribution in [2.75, 3.05) is 19.7 Å². The maximum Gasteiger partial charge on any atom is 0.311 e. The minimum absolute atomic E-state index is 0.0985. The molecule has 1 atom stereocenters. The lowest BCUT2D eigenvalue weighted by molar-refractivity contribution is -0.148. The number of hydrogen-bond acceptors (Lipinski definition) is 3. The number of rotatable bonds is 9. The molecular formula is C17H33NO3. The number of carbonyl (C=O) groups excluding carboxylic acids is 2. The molecule has 0 aromatic rings. The predicted octanol–water partition coefficient (Wildman–Crippen LogP) is 3.78. The molecule has 1 unspecified atom stereocenters. The van der Waals surface area contributed by atoms with E-state index in [1.165, 1.54) is 12.8 Å². The predicted molar refractivity (Wildman–Crippen MR) is 86.0 cm³/mol. The Kier molecular flexibility index (Phi) is 12.0. The van der Waals surface area contributed by atoms with Gasteiger partial charge in [-0.15, -0.1) is 0 Å². The summed E-state index contributed by atoms with van der Waals surface area (Å²) in [6.07, 6.45) is 6.80. The van der Waals surface area contributed by atoms with Gasteiger partial charge in [0.25, 0.3) is 0 Å². The maximum absolute atomic E-state index is 11.8. The van der Waals surface area contributed by atoms with E-state index in [2.05, 4.69) is 13.8 Å². The normalized spacial score (nSPS) is 17.4. The topological polar surface area (TPSA) is 46.6 Å². The lowest BCUT2D eigenvalue weighted by Gasteiger charge is -2.15. The monoisotopic (exact) mass is 299 g/mol. The van der Waals surface area contributed by atoms with E-state index in [1.807, 2.05) is 13.8 Å². The number of ether oxygens (including phenoxy) is 1. The summed E-state index contributed by atoms with van der Waals surface area (Å²) in [5.74, 6) is -0.333. The number of amides is 1. The molecule has 124 valence electrons. The molecule has 1 fully saturated rings. The molecule has 0 N–H and O–H groups in total. The standard InChI is InChI=1S/C15H27NO3.C2H6/c1-3-5-7-8-10-19-15(18)13-11-14(17)16(12-13)9-6-4-2;1-2/h13H,3-12H2,1-2H3;1-2H3. The maximum atomic E-state index is 11.8. The zero-order valence-electron chi connectivity index (χ0n) is 14.3. The Balaban J connectivity index is 0.00000191. The Morgan fingerprint density at radius 3 is 2.43 bits per heavy atom. The molecule has 0 spiro atoms. The van der Waals surface area contributed by atoms with Crippen molar-refractivity contribution in [3.05, 3.63) is 0 Å². The van der Waals surface area contributed by atoms with Crippen LogP contribution in [0.3, 0.4) is 0 Å². The first-order valence-electron chi connectivity index (χ1n) is 8.63. The summed E-state index contributed by atoms with van der Waals surface area (Å²) in [5, 5.41) is 0. The van der Waals surface area contributed by atoms with Crippen LogP contribution in [0.4, 0.5) is 0 Å². The molecule has 1 amide bonds. The van der Waals surface area contributed by atoms with Gasteiger partial charge in [-0.3, -0.25) is 9.59 Å². The van der Waals surface area contributed by atoms with Gasteiger partial charge in [-0.1, -0.05) is 53.4 Å². The summed E-state index contributed by atoms with van der Waals surface area (Å²) in [7, 11) is 0. The second-order valence-electron chi connectivity index (χ2n) is 5.32. The second kappa shape index (κ2) is 12.7. The third-order valence-corrected chi connectivity index (χ3v) is 3.57. The van der Waals surface area contributed by atoms with Crippen LogP contribution in [0.15, 0.2) is 0 Å². The van der Waals surface area contributed by atoms with Crippen LogP contribution >= 0.6 is 0 Å². The Hall–Kier alpha value is -1.06. The Morgan fingerprint density at radius 2 is 1.81 bits per heavy atom. The summed E-state index contributed by atoms with van der Waals surface area (Å²) < 4.78 is 5.26. The van der Waals surface area contributed by atoms with Gasteiger partial charge in [0.15, 0.2) is 0 Å². The van der Waals surface area contributed by atoms with E-state index in [0.717, 1.165) is 32.2 Å². The molecule has 1 rings (SSSR count). The Labute approximate surface area is 130 Å². The third-order valence-electron chi connectivity index (χ3n) is 3.57. The van der Waals surface area contributed by atoms with E-state index in [-0.39, 0.29) is 17.8 Å². The van der Waals surface area contributed by atoms with Crippen molar-refractivity contribution in [1.82, 2.24) is 4.90 Å². The number of likely N-dealkylation sites (tertiary alicyclic amines) is 1. The quantitative estimate of drug-likeness (QED) is 0.481. The molecule has 0 radical (unpaired) electrons. The van der Waals surface area contributed by atoms with Gasteiger partial charge in [-0.2, -0.15) is 0 Å². The van der Waals surface area contributed by atoms with Gasteiger partial charge in [0.05, 0.1) is 12.5 Å². The number of hydrogen-bond donors (Lipinski definition) is 0. The van der Waals surface area contributed by atoms with E-state index in [0.29, 0.717) is 19.6 Å². The van der Waals surface area contributed by atoms with Gasteiger partial charge in [0.1, 0.15) is 0 Å². The fourth-order valence-electron chi connectivity index (χ4n) is 2.31. The second-order valence-corrected chi connectivity index (χ2v) is 5.32.